The van der Waals surface area contributed by atoms with Gasteiger partial charge in [0.2, 0.25) is 5.89 Å². The van der Waals surface area contributed by atoms with Crippen molar-refractivity contribution in [1.29, 1.82) is 0 Å². The zero-order valence-electron chi connectivity index (χ0n) is 16.0. The number of hydrogen-bond donors (Lipinski definition) is 1. The van der Waals surface area contributed by atoms with E-state index in [0.29, 0.717) is 22.8 Å². The van der Waals surface area contributed by atoms with Crippen LogP contribution in [0.1, 0.15) is 42.5 Å². The highest BCUT2D eigenvalue weighted by atomic mass is 16.5. The number of methoxy groups -OCH3 is 1. The van der Waals surface area contributed by atoms with E-state index in [1.807, 2.05) is 48.5 Å². The predicted octanol–water partition coefficient (Wildman–Crippen LogP) is 5.08. The average Bonchev–Trinajstić information content (AvgIpc) is 3.25. The highest BCUT2D eigenvalue weighted by Crippen LogP contribution is 2.30. The van der Waals surface area contributed by atoms with Crippen LogP contribution in [0.2, 0.25) is 0 Å². The Bertz CT molecular complexity index is 958. The summed E-state index contributed by atoms with van der Waals surface area (Å²) in [5.41, 5.74) is 2.17. The quantitative estimate of drug-likeness (QED) is 0.674. The lowest BCUT2D eigenvalue weighted by atomic mass is 9.95. The van der Waals surface area contributed by atoms with E-state index < -0.39 is 0 Å². The van der Waals surface area contributed by atoms with Gasteiger partial charge in [0.05, 0.1) is 18.9 Å². The molecule has 1 amide bonds. The number of carbonyl (C=O) groups is 1. The van der Waals surface area contributed by atoms with Crippen molar-refractivity contribution in [2.75, 3.05) is 7.11 Å². The van der Waals surface area contributed by atoms with Gasteiger partial charge < -0.3 is 14.5 Å². The Labute approximate surface area is 164 Å². The Balaban J connectivity index is 1.60. The summed E-state index contributed by atoms with van der Waals surface area (Å²) in [6.07, 6.45) is 7.39. The monoisotopic (exact) mass is 376 g/mol. The van der Waals surface area contributed by atoms with Gasteiger partial charge in [-0.15, -0.1) is 0 Å². The molecule has 1 saturated carbocycles. The molecular formula is C23H24N2O3. The first kappa shape index (κ1) is 18.3. The van der Waals surface area contributed by atoms with E-state index in [9.17, 15) is 4.79 Å². The molecule has 0 saturated heterocycles. The molecule has 5 heteroatoms. The lowest BCUT2D eigenvalue weighted by Crippen LogP contribution is -2.36. The molecule has 1 aliphatic carbocycles. The lowest BCUT2D eigenvalue weighted by molar-refractivity contribution is 0.0928. The Morgan fingerprint density at radius 2 is 1.93 bits per heavy atom. The largest absolute Gasteiger partial charge is 0.497 e. The molecule has 144 valence electrons. The number of carbonyl (C=O) groups excluding carboxylic acids is 1. The molecule has 0 bridgehead atoms. The van der Waals surface area contributed by atoms with Crippen LogP contribution in [-0.4, -0.2) is 24.0 Å². The molecule has 0 spiro atoms. The zero-order valence-corrected chi connectivity index (χ0v) is 16.0. The SMILES string of the molecule is COc1cccc(-c2cnc(-c3ccccc3C(=O)NC3CCCCC3)o2)c1. The van der Waals surface area contributed by atoms with Crippen molar-refractivity contribution >= 4 is 5.91 Å². The first-order chi connectivity index (χ1) is 13.7. The lowest BCUT2D eigenvalue weighted by Gasteiger charge is -2.23. The molecule has 1 N–H and O–H groups in total. The highest BCUT2D eigenvalue weighted by molar-refractivity contribution is 6.00. The van der Waals surface area contributed by atoms with Crippen LogP contribution < -0.4 is 10.1 Å². The van der Waals surface area contributed by atoms with Gasteiger partial charge in [-0.05, 0) is 37.1 Å². The van der Waals surface area contributed by atoms with Gasteiger partial charge in [0.25, 0.3) is 5.91 Å². The molecule has 1 aromatic heterocycles. The molecule has 0 unspecified atom stereocenters. The molecule has 1 fully saturated rings. The minimum absolute atomic E-state index is 0.0661. The van der Waals surface area contributed by atoms with Gasteiger partial charge in [-0.1, -0.05) is 43.5 Å². The minimum Gasteiger partial charge on any atom is -0.497 e. The summed E-state index contributed by atoms with van der Waals surface area (Å²) in [6, 6.07) is 15.3. The molecule has 1 heterocycles. The van der Waals surface area contributed by atoms with Crippen molar-refractivity contribution in [2.45, 2.75) is 38.1 Å². The fourth-order valence-corrected chi connectivity index (χ4v) is 3.69. The second kappa shape index (κ2) is 8.30. The minimum atomic E-state index is -0.0661. The maximum Gasteiger partial charge on any atom is 0.252 e. The van der Waals surface area contributed by atoms with Gasteiger partial charge >= 0.3 is 0 Å². The van der Waals surface area contributed by atoms with Crippen LogP contribution in [-0.2, 0) is 0 Å². The van der Waals surface area contributed by atoms with E-state index in [2.05, 4.69) is 10.3 Å². The molecule has 0 radical (unpaired) electrons. The maximum atomic E-state index is 12.9. The number of nitrogens with zero attached hydrogens (tertiary/aromatic N) is 1. The van der Waals surface area contributed by atoms with Crippen LogP contribution in [0.4, 0.5) is 0 Å². The van der Waals surface area contributed by atoms with Gasteiger partial charge in [-0.2, -0.15) is 0 Å². The van der Waals surface area contributed by atoms with Gasteiger partial charge in [0.1, 0.15) is 5.75 Å². The molecule has 3 aromatic rings. The standard InChI is InChI=1S/C23H24N2O3/c1-27-18-11-7-8-16(14-18)21-15-24-23(28-21)20-13-6-5-12-19(20)22(26)25-17-9-3-2-4-10-17/h5-8,11-15,17H,2-4,9-10H2,1H3,(H,25,26). The summed E-state index contributed by atoms with van der Waals surface area (Å²) in [7, 11) is 1.63. The Kier molecular flexibility index (Phi) is 5.42. The third kappa shape index (κ3) is 3.93. The Hall–Kier alpha value is -3.08. The van der Waals surface area contributed by atoms with Crippen molar-refractivity contribution in [3.63, 3.8) is 0 Å². The fourth-order valence-electron chi connectivity index (χ4n) is 3.69. The van der Waals surface area contributed by atoms with E-state index in [4.69, 9.17) is 9.15 Å². The molecule has 0 atom stereocenters. The van der Waals surface area contributed by atoms with E-state index in [1.165, 1.54) is 19.3 Å². The molecule has 4 rings (SSSR count). The van der Waals surface area contributed by atoms with E-state index in [-0.39, 0.29) is 11.9 Å². The molecule has 28 heavy (non-hydrogen) atoms. The summed E-state index contributed by atoms with van der Waals surface area (Å²) in [5, 5.41) is 3.17. The second-order valence-electron chi connectivity index (χ2n) is 7.12. The number of oxazole rings is 1. The highest BCUT2D eigenvalue weighted by Gasteiger charge is 2.21. The van der Waals surface area contributed by atoms with Crippen molar-refractivity contribution in [3.8, 4) is 28.5 Å². The summed E-state index contributed by atoms with van der Waals surface area (Å²) < 4.78 is 11.3. The van der Waals surface area contributed by atoms with Crippen LogP contribution in [0.3, 0.4) is 0 Å². The predicted molar refractivity (Wildman–Crippen MR) is 108 cm³/mol. The normalized spacial score (nSPS) is 14.6. The molecular weight excluding hydrogens is 352 g/mol. The van der Waals surface area contributed by atoms with Crippen LogP contribution in [0, 0.1) is 0 Å². The number of aromatic nitrogens is 1. The van der Waals surface area contributed by atoms with E-state index >= 15 is 0 Å². The van der Waals surface area contributed by atoms with E-state index in [1.54, 1.807) is 13.3 Å². The smallest absolute Gasteiger partial charge is 0.252 e. The second-order valence-corrected chi connectivity index (χ2v) is 7.12. The van der Waals surface area contributed by atoms with Crippen LogP contribution in [0.5, 0.6) is 5.75 Å². The van der Waals surface area contributed by atoms with Crippen LogP contribution in [0.25, 0.3) is 22.8 Å². The van der Waals surface area contributed by atoms with Crippen molar-refractivity contribution in [2.24, 2.45) is 0 Å². The van der Waals surface area contributed by atoms with E-state index in [0.717, 1.165) is 24.2 Å². The van der Waals surface area contributed by atoms with Crippen molar-refractivity contribution in [3.05, 3.63) is 60.3 Å². The fraction of sp³-hybridized carbons (Fsp3) is 0.304. The van der Waals surface area contributed by atoms with Gasteiger partial charge in [0, 0.05) is 17.2 Å². The number of benzene rings is 2. The van der Waals surface area contributed by atoms with Crippen molar-refractivity contribution < 1.29 is 13.9 Å². The molecule has 1 aliphatic rings. The third-order valence-corrected chi connectivity index (χ3v) is 5.20. The van der Waals surface area contributed by atoms with Gasteiger partial charge in [0.15, 0.2) is 5.76 Å². The molecule has 2 aromatic carbocycles. The van der Waals surface area contributed by atoms with Crippen LogP contribution in [0.15, 0.2) is 59.1 Å². The Morgan fingerprint density at radius 3 is 2.75 bits per heavy atom. The first-order valence-corrected chi connectivity index (χ1v) is 9.75. The number of rotatable bonds is 5. The average molecular weight is 376 g/mol. The van der Waals surface area contributed by atoms with Crippen LogP contribution >= 0.6 is 0 Å². The summed E-state index contributed by atoms with van der Waals surface area (Å²) in [5.74, 6) is 1.76. The topological polar surface area (TPSA) is 64.4 Å². The Morgan fingerprint density at radius 1 is 1.11 bits per heavy atom. The summed E-state index contributed by atoms with van der Waals surface area (Å²) in [6.45, 7) is 0. The number of nitrogens with one attached hydrogen (secondary N) is 1. The third-order valence-electron chi connectivity index (χ3n) is 5.20. The van der Waals surface area contributed by atoms with Gasteiger partial charge in [-0.25, -0.2) is 4.98 Å². The van der Waals surface area contributed by atoms with Crippen molar-refractivity contribution in [1.82, 2.24) is 10.3 Å². The summed E-state index contributed by atoms with van der Waals surface area (Å²) >= 11 is 0. The number of amides is 1. The number of hydrogen-bond acceptors (Lipinski definition) is 4. The number of ether oxygens (including phenoxy) is 1. The first-order valence-electron chi connectivity index (χ1n) is 9.75. The zero-order chi connectivity index (χ0) is 19.3. The summed E-state index contributed by atoms with van der Waals surface area (Å²) in [4.78, 5) is 17.3. The maximum absolute atomic E-state index is 12.9. The molecule has 0 aliphatic heterocycles. The van der Waals surface area contributed by atoms with Gasteiger partial charge in [-0.3, -0.25) is 4.79 Å². The molecule has 5 nitrogen and oxygen atoms in total.